The summed E-state index contributed by atoms with van der Waals surface area (Å²) < 4.78 is 5.55. The molecule has 0 spiro atoms. The number of carbonyl (C=O) groups excluding carboxylic acids is 2. The molecule has 2 aromatic rings. The highest BCUT2D eigenvalue weighted by molar-refractivity contribution is 6.09. The molecule has 1 atom stereocenters. The molecule has 5 nitrogen and oxygen atoms in total. The van der Waals surface area contributed by atoms with Crippen molar-refractivity contribution in [3.05, 3.63) is 64.7 Å². The SMILES string of the molecule is O=C(Nc1ccccc1C(=O)NC[C@@H]1CCCO1)c1ccc2c(c1)CCCC2. The minimum atomic E-state index is -0.197. The average Bonchev–Trinajstić information content (AvgIpc) is 3.25. The molecule has 0 radical (unpaired) electrons. The first-order valence-corrected chi connectivity index (χ1v) is 10.1. The van der Waals surface area contributed by atoms with Crippen LogP contribution in [0.25, 0.3) is 0 Å². The molecule has 1 saturated heterocycles. The van der Waals surface area contributed by atoms with E-state index in [1.165, 1.54) is 24.0 Å². The molecule has 1 heterocycles. The molecule has 1 aliphatic heterocycles. The number of benzene rings is 2. The van der Waals surface area contributed by atoms with Crippen molar-refractivity contribution in [2.75, 3.05) is 18.5 Å². The lowest BCUT2D eigenvalue weighted by Crippen LogP contribution is -2.32. The van der Waals surface area contributed by atoms with Crippen LogP contribution in [0.4, 0.5) is 5.69 Å². The van der Waals surface area contributed by atoms with Crippen LogP contribution >= 0.6 is 0 Å². The van der Waals surface area contributed by atoms with Gasteiger partial charge in [-0.15, -0.1) is 0 Å². The third-order valence-electron chi connectivity index (χ3n) is 5.54. The number of carbonyl (C=O) groups is 2. The Morgan fingerprint density at radius 1 is 0.964 bits per heavy atom. The van der Waals surface area contributed by atoms with Crippen LogP contribution in [0, 0.1) is 0 Å². The normalized spacial score (nSPS) is 18.4. The summed E-state index contributed by atoms with van der Waals surface area (Å²) in [5, 5.41) is 5.83. The molecule has 146 valence electrons. The van der Waals surface area contributed by atoms with Gasteiger partial charge in [-0.05, 0) is 73.9 Å². The van der Waals surface area contributed by atoms with E-state index in [2.05, 4.69) is 16.7 Å². The molecule has 2 aliphatic rings. The maximum atomic E-state index is 12.8. The molecule has 4 rings (SSSR count). The second kappa shape index (κ2) is 8.57. The van der Waals surface area contributed by atoms with Crippen LogP contribution < -0.4 is 10.6 Å². The highest BCUT2D eigenvalue weighted by Crippen LogP contribution is 2.23. The summed E-state index contributed by atoms with van der Waals surface area (Å²) in [6, 6.07) is 13.0. The molecule has 28 heavy (non-hydrogen) atoms. The van der Waals surface area contributed by atoms with Crippen LogP contribution in [-0.2, 0) is 17.6 Å². The first-order chi connectivity index (χ1) is 13.7. The van der Waals surface area contributed by atoms with Crippen LogP contribution in [0.3, 0.4) is 0 Å². The van der Waals surface area contributed by atoms with Gasteiger partial charge < -0.3 is 15.4 Å². The number of anilines is 1. The van der Waals surface area contributed by atoms with Crippen molar-refractivity contribution in [1.29, 1.82) is 0 Å². The molecule has 1 fully saturated rings. The Kier molecular flexibility index (Phi) is 5.72. The number of fused-ring (bicyclic) bond motifs is 1. The minimum Gasteiger partial charge on any atom is -0.376 e. The molecule has 2 aromatic carbocycles. The highest BCUT2D eigenvalue weighted by atomic mass is 16.5. The average molecular weight is 378 g/mol. The van der Waals surface area contributed by atoms with Crippen molar-refractivity contribution in [1.82, 2.24) is 5.32 Å². The van der Waals surface area contributed by atoms with Gasteiger partial charge >= 0.3 is 0 Å². The first kappa shape index (κ1) is 18.7. The van der Waals surface area contributed by atoms with Gasteiger partial charge in [0.05, 0.1) is 17.4 Å². The Morgan fingerprint density at radius 3 is 2.61 bits per heavy atom. The Morgan fingerprint density at radius 2 is 1.79 bits per heavy atom. The fraction of sp³-hybridized carbons (Fsp3) is 0.391. The summed E-state index contributed by atoms with van der Waals surface area (Å²) in [5.74, 6) is -0.385. The smallest absolute Gasteiger partial charge is 0.255 e. The number of hydrogen-bond donors (Lipinski definition) is 2. The molecule has 2 amide bonds. The third kappa shape index (κ3) is 4.25. The van der Waals surface area contributed by atoms with Gasteiger partial charge in [0, 0.05) is 18.7 Å². The Balaban J connectivity index is 1.45. The van der Waals surface area contributed by atoms with E-state index in [0.29, 0.717) is 23.4 Å². The van der Waals surface area contributed by atoms with E-state index in [1.54, 1.807) is 18.2 Å². The lowest BCUT2D eigenvalue weighted by Gasteiger charge is -2.17. The van der Waals surface area contributed by atoms with Crippen molar-refractivity contribution >= 4 is 17.5 Å². The summed E-state index contributed by atoms with van der Waals surface area (Å²) in [5.41, 5.74) is 4.23. The van der Waals surface area contributed by atoms with Crippen molar-refractivity contribution in [3.63, 3.8) is 0 Å². The van der Waals surface area contributed by atoms with Crippen molar-refractivity contribution in [3.8, 4) is 0 Å². The fourth-order valence-electron chi connectivity index (χ4n) is 3.97. The number of hydrogen-bond acceptors (Lipinski definition) is 3. The van der Waals surface area contributed by atoms with Gasteiger partial charge in [0.2, 0.25) is 0 Å². The standard InChI is InChI=1S/C23H26N2O3/c26-22(18-12-11-16-6-1-2-7-17(16)14-18)25-21-10-4-3-9-20(21)23(27)24-15-19-8-5-13-28-19/h3-4,9-12,14,19H,1-2,5-8,13,15H2,(H,24,27)(H,25,26)/t19-/m0/s1. The van der Waals surface area contributed by atoms with E-state index in [9.17, 15) is 9.59 Å². The summed E-state index contributed by atoms with van der Waals surface area (Å²) in [4.78, 5) is 25.4. The quantitative estimate of drug-likeness (QED) is 0.833. The number of para-hydroxylation sites is 1. The minimum absolute atomic E-state index is 0.0844. The van der Waals surface area contributed by atoms with Crippen LogP contribution in [0.2, 0.25) is 0 Å². The second-order valence-corrected chi connectivity index (χ2v) is 7.54. The molecular weight excluding hydrogens is 352 g/mol. The molecule has 0 bridgehead atoms. The second-order valence-electron chi connectivity index (χ2n) is 7.54. The van der Waals surface area contributed by atoms with Crippen LogP contribution in [0.1, 0.15) is 57.5 Å². The maximum absolute atomic E-state index is 12.8. The van der Waals surface area contributed by atoms with Gasteiger partial charge in [-0.25, -0.2) is 0 Å². The van der Waals surface area contributed by atoms with Gasteiger partial charge in [-0.3, -0.25) is 9.59 Å². The lowest BCUT2D eigenvalue weighted by atomic mass is 9.90. The van der Waals surface area contributed by atoms with E-state index in [4.69, 9.17) is 4.74 Å². The van der Waals surface area contributed by atoms with Crippen LogP contribution in [0.15, 0.2) is 42.5 Å². The van der Waals surface area contributed by atoms with Crippen LogP contribution in [0.5, 0.6) is 0 Å². The van der Waals surface area contributed by atoms with E-state index < -0.39 is 0 Å². The summed E-state index contributed by atoms with van der Waals surface area (Å²) >= 11 is 0. The van der Waals surface area contributed by atoms with Gasteiger partial charge in [0.1, 0.15) is 0 Å². The van der Waals surface area contributed by atoms with Crippen LogP contribution in [-0.4, -0.2) is 31.1 Å². The topological polar surface area (TPSA) is 67.4 Å². The Hall–Kier alpha value is -2.66. The number of ether oxygens (including phenoxy) is 1. The molecular formula is C23H26N2O3. The first-order valence-electron chi connectivity index (χ1n) is 10.1. The fourth-order valence-corrected chi connectivity index (χ4v) is 3.97. The zero-order valence-electron chi connectivity index (χ0n) is 16.0. The third-order valence-corrected chi connectivity index (χ3v) is 5.54. The van der Waals surface area contributed by atoms with Gasteiger partial charge in [0.15, 0.2) is 0 Å². The molecule has 0 unspecified atom stereocenters. The zero-order valence-corrected chi connectivity index (χ0v) is 16.0. The lowest BCUT2D eigenvalue weighted by molar-refractivity contribution is 0.0858. The van der Waals surface area contributed by atoms with E-state index in [1.807, 2.05) is 18.2 Å². The predicted molar refractivity (Wildman–Crippen MR) is 109 cm³/mol. The van der Waals surface area contributed by atoms with Gasteiger partial charge in [-0.1, -0.05) is 18.2 Å². The molecule has 0 aromatic heterocycles. The van der Waals surface area contributed by atoms with Crippen molar-refractivity contribution in [2.45, 2.75) is 44.6 Å². The van der Waals surface area contributed by atoms with E-state index >= 15 is 0 Å². The zero-order chi connectivity index (χ0) is 19.3. The summed E-state index contributed by atoms with van der Waals surface area (Å²) in [6.45, 7) is 1.25. The maximum Gasteiger partial charge on any atom is 0.255 e. The molecule has 0 saturated carbocycles. The predicted octanol–water partition coefficient (Wildman–Crippen LogP) is 3.73. The molecule has 1 aliphatic carbocycles. The van der Waals surface area contributed by atoms with Gasteiger partial charge in [-0.2, -0.15) is 0 Å². The Bertz CT molecular complexity index is 872. The summed E-state index contributed by atoms with van der Waals surface area (Å²) in [6.07, 6.45) is 6.59. The van der Waals surface area contributed by atoms with Crippen molar-refractivity contribution in [2.24, 2.45) is 0 Å². The summed E-state index contributed by atoms with van der Waals surface area (Å²) in [7, 11) is 0. The highest BCUT2D eigenvalue weighted by Gasteiger charge is 2.19. The largest absolute Gasteiger partial charge is 0.376 e. The number of nitrogens with one attached hydrogen (secondary N) is 2. The van der Waals surface area contributed by atoms with E-state index in [-0.39, 0.29) is 17.9 Å². The number of aryl methyl sites for hydroxylation is 2. The monoisotopic (exact) mass is 378 g/mol. The molecule has 2 N–H and O–H groups in total. The number of amides is 2. The Labute approximate surface area is 165 Å². The van der Waals surface area contributed by atoms with Gasteiger partial charge in [0.25, 0.3) is 11.8 Å². The van der Waals surface area contributed by atoms with E-state index in [0.717, 1.165) is 32.3 Å². The number of rotatable bonds is 5. The molecule has 5 heteroatoms. The van der Waals surface area contributed by atoms with Crippen molar-refractivity contribution < 1.29 is 14.3 Å².